The third-order valence-electron chi connectivity index (χ3n) is 3.82. The SMILES string of the molecule is O=[N+]([O-])c1ccc(Cl)c(CN2CCCCC2CCO)c1. The fourth-order valence-corrected chi connectivity index (χ4v) is 2.94. The Morgan fingerprint density at radius 1 is 1.45 bits per heavy atom. The van der Waals surface area contributed by atoms with Crippen molar-refractivity contribution in [2.75, 3.05) is 13.2 Å². The molecule has 0 amide bonds. The zero-order valence-corrected chi connectivity index (χ0v) is 12.1. The van der Waals surface area contributed by atoms with Crippen LogP contribution in [0.2, 0.25) is 5.02 Å². The van der Waals surface area contributed by atoms with Crippen LogP contribution in [0.4, 0.5) is 5.69 Å². The fourth-order valence-electron chi connectivity index (χ4n) is 2.76. The van der Waals surface area contributed by atoms with Gasteiger partial charge in [-0.3, -0.25) is 15.0 Å². The maximum absolute atomic E-state index is 10.8. The second-order valence-corrected chi connectivity index (χ2v) is 5.57. The number of non-ortho nitro benzene ring substituents is 1. The maximum Gasteiger partial charge on any atom is 0.269 e. The smallest absolute Gasteiger partial charge is 0.269 e. The van der Waals surface area contributed by atoms with Crippen molar-refractivity contribution in [2.24, 2.45) is 0 Å². The Morgan fingerprint density at radius 3 is 2.95 bits per heavy atom. The number of aliphatic hydroxyl groups excluding tert-OH is 1. The lowest BCUT2D eigenvalue weighted by Crippen LogP contribution is -2.39. The highest BCUT2D eigenvalue weighted by molar-refractivity contribution is 6.31. The summed E-state index contributed by atoms with van der Waals surface area (Å²) < 4.78 is 0. The van der Waals surface area contributed by atoms with E-state index in [9.17, 15) is 10.1 Å². The summed E-state index contributed by atoms with van der Waals surface area (Å²) in [7, 11) is 0. The van der Waals surface area contributed by atoms with Crippen LogP contribution in [0.1, 0.15) is 31.2 Å². The van der Waals surface area contributed by atoms with Gasteiger partial charge in [0.15, 0.2) is 0 Å². The van der Waals surface area contributed by atoms with Gasteiger partial charge in [-0.05, 0) is 37.4 Å². The van der Waals surface area contributed by atoms with Gasteiger partial charge in [0.2, 0.25) is 0 Å². The molecule has 1 saturated heterocycles. The molecule has 0 spiro atoms. The van der Waals surface area contributed by atoms with Crippen LogP contribution >= 0.6 is 11.6 Å². The Balaban J connectivity index is 2.14. The average Bonchev–Trinajstić information content (AvgIpc) is 2.43. The Morgan fingerprint density at radius 2 is 2.25 bits per heavy atom. The summed E-state index contributed by atoms with van der Waals surface area (Å²) in [4.78, 5) is 12.7. The zero-order chi connectivity index (χ0) is 14.5. The van der Waals surface area contributed by atoms with Crippen molar-refractivity contribution in [2.45, 2.75) is 38.3 Å². The molecule has 5 nitrogen and oxygen atoms in total. The van der Waals surface area contributed by atoms with Crippen LogP contribution in [-0.2, 0) is 6.54 Å². The predicted molar refractivity (Wildman–Crippen MR) is 77.9 cm³/mol. The van der Waals surface area contributed by atoms with Crippen LogP contribution in [0.5, 0.6) is 0 Å². The first-order valence-corrected chi connectivity index (χ1v) is 7.27. The van der Waals surface area contributed by atoms with Crippen LogP contribution in [0.25, 0.3) is 0 Å². The highest BCUT2D eigenvalue weighted by Crippen LogP contribution is 2.27. The molecule has 1 N–H and O–H groups in total. The van der Waals surface area contributed by atoms with E-state index in [4.69, 9.17) is 16.7 Å². The van der Waals surface area contributed by atoms with Gasteiger partial charge in [0, 0.05) is 36.3 Å². The molecule has 1 unspecified atom stereocenters. The number of likely N-dealkylation sites (tertiary alicyclic amines) is 1. The summed E-state index contributed by atoms with van der Waals surface area (Å²) in [6, 6.07) is 4.89. The highest BCUT2D eigenvalue weighted by Gasteiger charge is 2.23. The minimum Gasteiger partial charge on any atom is -0.396 e. The lowest BCUT2D eigenvalue weighted by molar-refractivity contribution is -0.384. The van der Waals surface area contributed by atoms with E-state index in [2.05, 4.69) is 4.90 Å². The predicted octanol–water partition coefficient (Wildman–Crippen LogP) is 2.99. The first-order chi connectivity index (χ1) is 9.61. The molecular formula is C14H19ClN2O3. The van der Waals surface area contributed by atoms with Crippen LogP contribution in [-0.4, -0.2) is 34.1 Å². The topological polar surface area (TPSA) is 66.6 Å². The minimum absolute atomic E-state index is 0.0696. The standard InChI is InChI=1S/C14H19ClN2O3/c15-14-5-4-13(17(19)20)9-11(14)10-16-7-2-1-3-12(16)6-8-18/h4-5,9,12,18H,1-3,6-8,10H2. The van der Waals surface area contributed by atoms with Crippen molar-refractivity contribution in [3.63, 3.8) is 0 Å². The summed E-state index contributed by atoms with van der Waals surface area (Å²) >= 11 is 6.15. The van der Waals surface area contributed by atoms with Crippen molar-refractivity contribution < 1.29 is 10.0 Å². The van der Waals surface area contributed by atoms with Crippen LogP contribution in [0.3, 0.4) is 0 Å². The Kier molecular flexibility index (Phi) is 5.34. The third-order valence-corrected chi connectivity index (χ3v) is 4.19. The molecule has 6 heteroatoms. The summed E-state index contributed by atoms with van der Waals surface area (Å²) in [5.74, 6) is 0. The molecule has 1 atom stereocenters. The number of hydrogen-bond donors (Lipinski definition) is 1. The van der Waals surface area contributed by atoms with Gasteiger partial charge in [-0.25, -0.2) is 0 Å². The molecule has 1 aromatic carbocycles. The summed E-state index contributed by atoms with van der Waals surface area (Å²) in [5, 5.41) is 20.5. The summed E-state index contributed by atoms with van der Waals surface area (Å²) in [5.41, 5.74) is 0.853. The molecular weight excluding hydrogens is 280 g/mol. The third kappa shape index (κ3) is 3.69. The van der Waals surface area contributed by atoms with Crippen molar-refractivity contribution in [1.82, 2.24) is 4.90 Å². The van der Waals surface area contributed by atoms with Gasteiger partial charge in [-0.1, -0.05) is 18.0 Å². The van der Waals surface area contributed by atoms with Crippen molar-refractivity contribution in [3.8, 4) is 0 Å². The van der Waals surface area contributed by atoms with Crippen LogP contribution in [0.15, 0.2) is 18.2 Å². The van der Waals surface area contributed by atoms with E-state index < -0.39 is 4.92 Å². The molecule has 0 aliphatic carbocycles. The quantitative estimate of drug-likeness (QED) is 0.670. The second kappa shape index (κ2) is 7.02. The minimum atomic E-state index is -0.402. The van der Waals surface area contributed by atoms with E-state index >= 15 is 0 Å². The number of rotatable bonds is 5. The zero-order valence-electron chi connectivity index (χ0n) is 11.3. The van der Waals surface area contributed by atoms with Crippen LogP contribution < -0.4 is 0 Å². The number of nitrogens with zero attached hydrogens (tertiary/aromatic N) is 2. The number of benzene rings is 1. The van der Waals surface area contributed by atoms with Crippen molar-refractivity contribution in [3.05, 3.63) is 38.9 Å². The average molecular weight is 299 g/mol. The fraction of sp³-hybridized carbons (Fsp3) is 0.571. The molecule has 2 rings (SSSR count). The molecule has 0 aromatic heterocycles. The van der Waals surface area contributed by atoms with Gasteiger partial charge in [0.05, 0.1) is 4.92 Å². The van der Waals surface area contributed by atoms with Gasteiger partial charge >= 0.3 is 0 Å². The Labute approximate surface area is 123 Å². The molecule has 1 fully saturated rings. The number of piperidine rings is 1. The number of aliphatic hydroxyl groups is 1. The van der Waals surface area contributed by atoms with E-state index in [1.807, 2.05) is 0 Å². The molecule has 1 heterocycles. The van der Waals surface area contributed by atoms with Crippen molar-refractivity contribution in [1.29, 1.82) is 0 Å². The molecule has 1 aliphatic rings. The summed E-state index contributed by atoms with van der Waals surface area (Å²) in [6.45, 7) is 1.72. The molecule has 1 aliphatic heterocycles. The van der Waals surface area contributed by atoms with E-state index in [0.717, 1.165) is 31.4 Å². The van der Waals surface area contributed by atoms with E-state index in [0.29, 0.717) is 17.6 Å². The molecule has 1 aromatic rings. The number of halogens is 1. The van der Waals surface area contributed by atoms with Gasteiger partial charge < -0.3 is 5.11 Å². The van der Waals surface area contributed by atoms with E-state index in [-0.39, 0.29) is 12.3 Å². The van der Waals surface area contributed by atoms with Gasteiger partial charge in [0.25, 0.3) is 5.69 Å². The number of nitro groups is 1. The summed E-state index contributed by atoms with van der Waals surface area (Å²) in [6.07, 6.45) is 4.10. The van der Waals surface area contributed by atoms with Gasteiger partial charge in [-0.15, -0.1) is 0 Å². The Hall–Kier alpha value is -1.17. The first kappa shape index (κ1) is 15.2. The monoisotopic (exact) mass is 298 g/mol. The second-order valence-electron chi connectivity index (χ2n) is 5.17. The normalized spacial score (nSPS) is 20.0. The van der Waals surface area contributed by atoms with Gasteiger partial charge in [0.1, 0.15) is 0 Å². The lowest BCUT2D eigenvalue weighted by atomic mass is 9.98. The highest BCUT2D eigenvalue weighted by atomic mass is 35.5. The van der Waals surface area contributed by atoms with E-state index in [1.54, 1.807) is 12.1 Å². The number of hydrogen-bond acceptors (Lipinski definition) is 4. The molecule has 110 valence electrons. The molecule has 0 saturated carbocycles. The lowest BCUT2D eigenvalue weighted by Gasteiger charge is -2.35. The van der Waals surface area contributed by atoms with E-state index in [1.165, 1.54) is 12.5 Å². The largest absolute Gasteiger partial charge is 0.396 e. The van der Waals surface area contributed by atoms with Gasteiger partial charge in [-0.2, -0.15) is 0 Å². The molecule has 20 heavy (non-hydrogen) atoms. The molecule has 0 bridgehead atoms. The van der Waals surface area contributed by atoms with Crippen LogP contribution in [0, 0.1) is 10.1 Å². The van der Waals surface area contributed by atoms with Crippen molar-refractivity contribution >= 4 is 17.3 Å². The Bertz CT molecular complexity index is 479. The number of nitro benzene ring substituents is 1. The molecule has 0 radical (unpaired) electrons. The first-order valence-electron chi connectivity index (χ1n) is 6.89. The maximum atomic E-state index is 10.8.